The number of hydrogen-bond donors (Lipinski definition) is 2. The number of benzene rings is 1. The van der Waals surface area contributed by atoms with E-state index < -0.39 is 0 Å². The van der Waals surface area contributed by atoms with Gasteiger partial charge in [-0.25, -0.2) is 4.39 Å². The molecule has 4 N–H and O–H groups in total. The van der Waals surface area contributed by atoms with Crippen molar-refractivity contribution < 1.29 is 4.39 Å². The van der Waals surface area contributed by atoms with Gasteiger partial charge in [-0.1, -0.05) is 0 Å². The third-order valence-electron chi connectivity index (χ3n) is 1.68. The molecule has 1 aromatic carbocycles. The first-order valence-corrected chi connectivity index (χ1v) is 4.28. The average Bonchev–Trinajstić information content (AvgIpc) is 2.33. The molecule has 62 valence electrons. The SMILES string of the molecule is Nc1cc(F)c2scc(N)c2c1. The van der Waals surface area contributed by atoms with Crippen LogP contribution in [-0.2, 0) is 0 Å². The molecule has 12 heavy (non-hydrogen) atoms. The standard InChI is InChI=1S/C8H7FN2S/c9-6-2-4(10)1-5-7(11)3-12-8(5)6/h1-3H,10-11H2. The highest BCUT2D eigenvalue weighted by molar-refractivity contribution is 7.17. The van der Waals surface area contributed by atoms with Crippen LogP contribution in [0.5, 0.6) is 0 Å². The normalized spacial score (nSPS) is 10.8. The first-order chi connectivity index (χ1) is 5.68. The number of fused-ring (bicyclic) bond motifs is 1. The number of thiophene rings is 1. The van der Waals surface area contributed by atoms with E-state index in [9.17, 15) is 4.39 Å². The second kappa shape index (κ2) is 2.35. The van der Waals surface area contributed by atoms with E-state index >= 15 is 0 Å². The van der Waals surface area contributed by atoms with Gasteiger partial charge in [0.05, 0.1) is 10.4 Å². The van der Waals surface area contributed by atoms with Gasteiger partial charge in [0.1, 0.15) is 5.82 Å². The molecular weight excluding hydrogens is 175 g/mol. The second-order valence-electron chi connectivity index (χ2n) is 2.57. The molecule has 0 unspecified atom stereocenters. The summed E-state index contributed by atoms with van der Waals surface area (Å²) in [5, 5.41) is 2.42. The van der Waals surface area contributed by atoms with Crippen molar-refractivity contribution in [2.24, 2.45) is 0 Å². The largest absolute Gasteiger partial charge is 0.399 e. The molecular formula is C8H7FN2S. The summed E-state index contributed by atoms with van der Waals surface area (Å²) in [6.45, 7) is 0. The fourth-order valence-electron chi connectivity index (χ4n) is 1.13. The van der Waals surface area contributed by atoms with E-state index in [1.807, 2.05) is 0 Å². The molecule has 0 saturated heterocycles. The molecule has 4 heteroatoms. The molecule has 0 aliphatic heterocycles. The highest BCUT2D eigenvalue weighted by atomic mass is 32.1. The lowest BCUT2D eigenvalue weighted by Crippen LogP contribution is -1.87. The van der Waals surface area contributed by atoms with E-state index in [1.54, 1.807) is 11.4 Å². The van der Waals surface area contributed by atoms with E-state index in [1.165, 1.54) is 17.4 Å². The first kappa shape index (κ1) is 7.36. The van der Waals surface area contributed by atoms with Crippen molar-refractivity contribution in [1.82, 2.24) is 0 Å². The van der Waals surface area contributed by atoms with E-state index in [0.717, 1.165) is 0 Å². The van der Waals surface area contributed by atoms with Crippen LogP contribution in [0.4, 0.5) is 15.8 Å². The van der Waals surface area contributed by atoms with Crippen LogP contribution in [0.15, 0.2) is 17.5 Å². The number of halogens is 1. The molecule has 0 spiro atoms. The highest BCUT2D eigenvalue weighted by Gasteiger charge is 2.06. The number of hydrogen-bond acceptors (Lipinski definition) is 3. The minimum absolute atomic E-state index is 0.299. The molecule has 0 bridgehead atoms. The number of nitrogen functional groups attached to an aromatic ring is 2. The fraction of sp³-hybridized carbons (Fsp3) is 0. The molecule has 0 saturated carbocycles. The lowest BCUT2D eigenvalue weighted by Gasteiger charge is -1.96. The van der Waals surface area contributed by atoms with Crippen LogP contribution >= 0.6 is 11.3 Å². The van der Waals surface area contributed by atoms with Crippen LogP contribution < -0.4 is 11.5 Å². The summed E-state index contributed by atoms with van der Waals surface area (Å²) >= 11 is 1.29. The maximum Gasteiger partial charge on any atom is 0.143 e. The summed E-state index contributed by atoms with van der Waals surface area (Å²) in [6.07, 6.45) is 0. The van der Waals surface area contributed by atoms with Gasteiger partial charge in [-0.3, -0.25) is 0 Å². The number of rotatable bonds is 0. The van der Waals surface area contributed by atoms with Crippen LogP contribution in [0.25, 0.3) is 10.1 Å². The summed E-state index contributed by atoms with van der Waals surface area (Å²) < 4.78 is 13.7. The molecule has 2 nitrogen and oxygen atoms in total. The predicted molar refractivity (Wildman–Crippen MR) is 50.6 cm³/mol. The summed E-state index contributed by atoms with van der Waals surface area (Å²) in [5.41, 5.74) is 12.1. The zero-order valence-electron chi connectivity index (χ0n) is 6.17. The Morgan fingerprint density at radius 3 is 2.75 bits per heavy atom. The van der Waals surface area contributed by atoms with Crippen LogP contribution in [0.2, 0.25) is 0 Å². The van der Waals surface area contributed by atoms with Crippen molar-refractivity contribution >= 4 is 32.8 Å². The highest BCUT2D eigenvalue weighted by Crippen LogP contribution is 2.31. The average molecular weight is 182 g/mol. The molecule has 0 radical (unpaired) electrons. The van der Waals surface area contributed by atoms with Crippen molar-refractivity contribution in [3.63, 3.8) is 0 Å². The molecule has 2 rings (SSSR count). The van der Waals surface area contributed by atoms with Crippen LogP contribution in [0.1, 0.15) is 0 Å². The van der Waals surface area contributed by atoms with Crippen molar-refractivity contribution in [2.75, 3.05) is 11.5 Å². The number of nitrogens with two attached hydrogens (primary N) is 2. The maximum atomic E-state index is 13.1. The topological polar surface area (TPSA) is 52.0 Å². The van der Waals surface area contributed by atoms with Gasteiger partial charge in [0.25, 0.3) is 0 Å². The quantitative estimate of drug-likeness (QED) is 0.614. The van der Waals surface area contributed by atoms with Crippen molar-refractivity contribution in [2.45, 2.75) is 0 Å². The molecule has 2 aromatic rings. The lowest BCUT2D eigenvalue weighted by molar-refractivity contribution is 0.642. The molecule has 1 aromatic heterocycles. The Hall–Kier alpha value is -1.29. The molecule has 0 aliphatic carbocycles. The summed E-state index contributed by atoms with van der Waals surface area (Å²) in [5.74, 6) is -0.299. The predicted octanol–water partition coefficient (Wildman–Crippen LogP) is 2.20. The van der Waals surface area contributed by atoms with Gasteiger partial charge in [-0.2, -0.15) is 0 Å². The minimum atomic E-state index is -0.299. The van der Waals surface area contributed by atoms with Gasteiger partial charge < -0.3 is 11.5 Å². The Morgan fingerprint density at radius 2 is 2.00 bits per heavy atom. The third kappa shape index (κ3) is 0.921. The lowest BCUT2D eigenvalue weighted by atomic mass is 10.2. The van der Waals surface area contributed by atoms with E-state index in [4.69, 9.17) is 11.5 Å². The monoisotopic (exact) mass is 182 g/mol. The van der Waals surface area contributed by atoms with Gasteiger partial charge in [0, 0.05) is 16.5 Å². The number of anilines is 2. The van der Waals surface area contributed by atoms with Crippen LogP contribution in [0.3, 0.4) is 0 Å². The zero-order chi connectivity index (χ0) is 8.72. The van der Waals surface area contributed by atoms with Gasteiger partial charge in [0.2, 0.25) is 0 Å². The Morgan fingerprint density at radius 1 is 1.25 bits per heavy atom. The molecule has 0 atom stereocenters. The Labute approximate surface area is 72.6 Å². The van der Waals surface area contributed by atoms with Gasteiger partial charge in [-0.05, 0) is 12.1 Å². The van der Waals surface area contributed by atoms with Crippen molar-refractivity contribution in [3.05, 3.63) is 23.3 Å². The van der Waals surface area contributed by atoms with Crippen LogP contribution in [-0.4, -0.2) is 0 Å². The zero-order valence-corrected chi connectivity index (χ0v) is 6.99. The third-order valence-corrected chi connectivity index (χ3v) is 2.70. The molecule has 0 fully saturated rings. The van der Waals surface area contributed by atoms with E-state index in [2.05, 4.69) is 0 Å². The maximum absolute atomic E-state index is 13.1. The molecule has 0 aliphatic rings. The Balaban J connectivity index is 2.92. The Bertz CT molecular complexity index is 436. The molecule has 1 heterocycles. The summed E-state index contributed by atoms with van der Waals surface area (Å²) in [6, 6.07) is 2.99. The van der Waals surface area contributed by atoms with Gasteiger partial charge >= 0.3 is 0 Å². The smallest absolute Gasteiger partial charge is 0.143 e. The molecule has 0 amide bonds. The first-order valence-electron chi connectivity index (χ1n) is 3.40. The van der Waals surface area contributed by atoms with E-state index in [0.29, 0.717) is 21.5 Å². The Kier molecular flexibility index (Phi) is 1.44. The van der Waals surface area contributed by atoms with Gasteiger partial charge in [0.15, 0.2) is 0 Å². The fourth-order valence-corrected chi connectivity index (χ4v) is 1.98. The second-order valence-corrected chi connectivity index (χ2v) is 3.45. The van der Waals surface area contributed by atoms with Crippen molar-refractivity contribution in [3.8, 4) is 0 Å². The van der Waals surface area contributed by atoms with E-state index in [-0.39, 0.29) is 5.82 Å². The van der Waals surface area contributed by atoms with Gasteiger partial charge in [-0.15, -0.1) is 11.3 Å². The van der Waals surface area contributed by atoms with Crippen molar-refractivity contribution in [1.29, 1.82) is 0 Å². The summed E-state index contributed by atoms with van der Waals surface area (Å²) in [7, 11) is 0. The summed E-state index contributed by atoms with van der Waals surface area (Å²) in [4.78, 5) is 0. The minimum Gasteiger partial charge on any atom is -0.399 e. The van der Waals surface area contributed by atoms with Crippen LogP contribution in [0, 0.1) is 5.82 Å².